The number of ether oxygens (including phenoxy) is 2. The summed E-state index contributed by atoms with van der Waals surface area (Å²) in [5, 5.41) is 9.70. The Kier molecular flexibility index (Phi) is 4.71. The molecule has 24 heavy (non-hydrogen) atoms. The van der Waals surface area contributed by atoms with Crippen LogP contribution in [0.1, 0.15) is 31.4 Å². The highest BCUT2D eigenvalue weighted by atomic mass is 16.5. The lowest BCUT2D eigenvalue weighted by atomic mass is 9.90. The summed E-state index contributed by atoms with van der Waals surface area (Å²) in [5.74, 6) is -0.571. The summed E-state index contributed by atoms with van der Waals surface area (Å²) < 4.78 is 11.3. The molecule has 1 amide bonds. The van der Waals surface area contributed by atoms with Gasteiger partial charge in [-0.2, -0.15) is 0 Å². The standard InChI is InChI=1S/C17H22N2O5/c1-12-13(4-2-8-18-12)24-17(16(21)22)6-9-19(10-7-17)15(20)14-5-3-11-23-14/h2,4,8,14H,3,5-7,9-11H2,1H3,(H,21,22)/t14-/m0/s1. The minimum atomic E-state index is -1.32. The highest BCUT2D eigenvalue weighted by Gasteiger charge is 2.46. The van der Waals surface area contributed by atoms with Crippen molar-refractivity contribution in [2.45, 2.75) is 44.3 Å². The van der Waals surface area contributed by atoms with Crippen LogP contribution in [0.4, 0.5) is 0 Å². The molecule has 0 saturated carbocycles. The average molecular weight is 334 g/mol. The van der Waals surface area contributed by atoms with E-state index in [1.807, 2.05) is 0 Å². The van der Waals surface area contributed by atoms with Crippen molar-refractivity contribution in [1.29, 1.82) is 0 Å². The normalized spacial score (nSPS) is 23.0. The van der Waals surface area contributed by atoms with Crippen molar-refractivity contribution < 1.29 is 24.2 Å². The van der Waals surface area contributed by atoms with E-state index in [0.29, 0.717) is 31.1 Å². The zero-order valence-corrected chi connectivity index (χ0v) is 13.7. The molecule has 0 aromatic carbocycles. The van der Waals surface area contributed by atoms with Gasteiger partial charge >= 0.3 is 5.97 Å². The molecule has 7 nitrogen and oxygen atoms in total. The van der Waals surface area contributed by atoms with E-state index >= 15 is 0 Å². The van der Waals surface area contributed by atoms with E-state index in [9.17, 15) is 14.7 Å². The van der Waals surface area contributed by atoms with Crippen LogP contribution in [-0.2, 0) is 14.3 Å². The number of pyridine rings is 1. The van der Waals surface area contributed by atoms with E-state index in [2.05, 4.69) is 4.98 Å². The Labute approximate surface area is 140 Å². The molecule has 3 heterocycles. The topological polar surface area (TPSA) is 89.0 Å². The number of amides is 1. The van der Waals surface area contributed by atoms with Crippen LogP contribution in [0.25, 0.3) is 0 Å². The van der Waals surface area contributed by atoms with Crippen molar-refractivity contribution in [3.63, 3.8) is 0 Å². The predicted molar refractivity (Wildman–Crippen MR) is 84.8 cm³/mol. The zero-order chi connectivity index (χ0) is 17.2. The Morgan fingerprint density at radius 2 is 2.17 bits per heavy atom. The van der Waals surface area contributed by atoms with E-state index in [1.54, 1.807) is 30.2 Å². The second-order valence-corrected chi connectivity index (χ2v) is 6.32. The number of hydrogen-bond acceptors (Lipinski definition) is 5. The maximum absolute atomic E-state index is 12.4. The van der Waals surface area contributed by atoms with E-state index < -0.39 is 11.6 Å². The van der Waals surface area contributed by atoms with Gasteiger partial charge in [-0.3, -0.25) is 9.78 Å². The number of hydrogen-bond donors (Lipinski definition) is 1. The molecule has 2 saturated heterocycles. The molecule has 0 spiro atoms. The van der Waals surface area contributed by atoms with E-state index in [4.69, 9.17) is 9.47 Å². The number of carboxylic acid groups (broad SMARTS) is 1. The van der Waals surface area contributed by atoms with Crippen LogP contribution in [0, 0.1) is 6.92 Å². The minimum Gasteiger partial charge on any atom is -0.478 e. The van der Waals surface area contributed by atoms with Gasteiger partial charge in [0.2, 0.25) is 5.60 Å². The van der Waals surface area contributed by atoms with Gasteiger partial charge in [0.15, 0.2) is 0 Å². The van der Waals surface area contributed by atoms with E-state index in [-0.39, 0.29) is 24.9 Å². The molecule has 1 aromatic rings. The van der Waals surface area contributed by atoms with Gasteiger partial charge < -0.3 is 19.5 Å². The molecule has 7 heteroatoms. The van der Waals surface area contributed by atoms with Crippen LogP contribution in [-0.4, -0.2) is 58.3 Å². The Morgan fingerprint density at radius 3 is 2.75 bits per heavy atom. The molecule has 1 aromatic heterocycles. The third-order valence-electron chi connectivity index (χ3n) is 4.74. The quantitative estimate of drug-likeness (QED) is 0.895. The van der Waals surface area contributed by atoms with Crippen LogP contribution in [0.2, 0.25) is 0 Å². The molecule has 0 unspecified atom stereocenters. The molecule has 2 aliphatic heterocycles. The molecule has 130 valence electrons. The molecule has 0 radical (unpaired) electrons. The number of aromatic nitrogens is 1. The highest BCUT2D eigenvalue weighted by Crippen LogP contribution is 2.31. The highest BCUT2D eigenvalue weighted by molar-refractivity contribution is 5.82. The van der Waals surface area contributed by atoms with Gasteiger partial charge in [-0.1, -0.05) is 0 Å². The lowest BCUT2D eigenvalue weighted by Gasteiger charge is -2.39. The van der Waals surface area contributed by atoms with Gasteiger partial charge in [0.05, 0.1) is 5.69 Å². The minimum absolute atomic E-state index is 0.0379. The lowest BCUT2D eigenvalue weighted by Crippen LogP contribution is -2.55. The Balaban J connectivity index is 1.69. The Hall–Kier alpha value is -2.15. The van der Waals surface area contributed by atoms with Gasteiger partial charge in [0.25, 0.3) is 5.91 Å². The van der Waals surface area contributed by atoms with Gasteiger partial charge in [-0.05, 0) is 31.9 Å². The summed E-state index contributed by atoms with van der Waals surface area (Å²) in [6, 6.07) is 3.44. The number of piperidine rings is 1. The van der Waals surface area contributed by atoms with Crippen LogP contribution in [0.5, 0.6) is 5.75 Å². The first-order valence-electron chi connectivity index (χ1n) is 8.26. The third kappa shape index (κ3) is 3.21. The van der Waals surface area contributed by atoms with Crippen molar-refractivity contribution in [3.8, 4) is 5.75 Å². The summed E-state index contributed by atoms with van der Waals surface area (Å²) in [7, 11) is 0. The van der Waals surface area contributed by atoms with Crippen molar-refractivity contribution >= 4 is 11.9 Å². The summed E-state index contributed by atoms with van der Waals surface area (Å²) >= 11 is 0. The number of carbonyl (C=O) groups excluding carboxylic acids is 1. The molecule has 2 aliphatic rings. The fraction of sp³-hybridized carbons (Fsp3) is 0.588. The summed E-state index contributed by atoms with van der Waals surface area (Å²) in [6.45, 7) is 3.10. The number of aryl methyl sites for hydroxylation is 1. The van der Waals surface area contributed by atoms with Gasteiger partial charge in [-0.15, -0.1) is 0 Å². The van der Waals surface area contributed by atoms with Crippen LogP contribution in [0.3, 0.4) is 0 Å². The van der Waals surface area contributed by atoms with Crippen molar-refractivity contribution in [1.82, 2.24) is 9.88 Å². The zero-order valence-electron chi connectivity index (χ0n) is 13.7. The first-order chi connectivity index (χ1) is 11.5. The number of carbonyl (C=O) groups is 2. The van der Waals surface area contributed by atoms with Crippen LogP contribution >= 0.6 is 0 Å². The van der Waals surface area contributed by atoms with Crippen LogP contribution < -0.4 is 4.74 Å². The lowest BCUT2D eigenvalue weighted by molar-refractivity contribution is -0.163. The maximum atomic E-state index is 12.4. The first kappa shape index (κ1) is 16.7. The molecule has 1 atom stereocenters. The smallest absolute Gasteiger partial charge is 0.348 e. The molecule has 3 rings (SSSR count). The SMILES string of the molecule is Cc1ncccc1OC1(C(=O)O)CCN(C(=O)[C@@H]2CCCO2)CC1. The Morgan fingerprint density at radius 1 is 1.42 bits per heavy atom. The van der Waals surface area contributed by atoms with Crippen molar-refractivity contribution in [2.24, 2.45) is 0 Å². The first-order valence-corrected chi connectivity index (χ1v) is 8.26. The van der Waals surface area contributed by atoms with Gasteiger partial charge in [0.1, 0.15) is 11.9 Å². The third-order valence-corrected chi connectivity index (χ3v) is 4.74. The van der Waals surface area contributed by atoms with Gasteiger partial charge in [-0.25, -0.2) is 4.79 Å². The monoisotopic (exact) mass is 334 g/mol. The molecule has 0 bridgehead atoms. The number of likely N-dealkylation sites (tertiary alicyclic amines) is 1. The molecule has 1 N–H and O–H groups in total. The second-order valence-electron chi connectivity index (χ2n) is 6.32. The summed E-state index contributed by atoms with van der Waals surface area (Å²) in [5.41, 5.74) is -0.669. The molecular formula is C17H22N2O5. The van der Waals surface area contributed by atoms with E-state index in [1.165, 1.54) is 0 Å². The largest absolute Gasteiger partial charge is 0.478 e. The van der Waals surface area contributed by atoms with Crippen molar-refractivity contribution in [3.05, 3.63) is 24.0 Å². The Bertz CT molecular complexity index is 619. The fourth-order valence-corrected chi connectivity index (χ4v) is 3.21. The molecule has 0 aliphatic carbocycles. The fourth-order valence-electron chi connectivity index (χ4n) is 3.21. The van der Waals surface area contributed by atoms with Crippen molar-refractivity contribution in [2.75, 3.05) is 19.7 Å². The summed E-state index contributed by atoms with van der Waals surface area (Å²) in [6.07, 6.45) is 3.39. The number of aliphatic carboxylic acids is 1. The average Bonchev–Trinajstić information content (AvgIpc) is 3.11. The maximum Gasteiger partial charge on any atom is 0.348 e. The van der Waals surface area contributed by atoms with E-state index in [0.717, 1.165) is 12.8 Å². The molecule has 2 fully saturated rings. The molecular weight excluding hydrogens is 312 g/mol. The number of carboxylic acids is 1. The number of nitrogens with zero attached hydrogens (tertiary/aromatic N) is 2. The summed E-state index contributed by atoms with van der Waals surface area (Å²) in [4.78, 5) is 30.1. The second kappa shape index (κ2) is 6.76. The van der Waals surface area contributed by atoms with Gasteiger partial charge in [0, 0.05) is 38.7 Å². The number of rotatable bonds is 4. The predicted octanol–water partition coefficient (Wildman–Crippen LogP) is 1.39. The van der Waals surface area contributed by atoms with Crippen LogP contribution in [0.15, 0.2) is 18.3 Å².